The summed E-state index contributed by atoms with van der Waals surface area (Å²) in [4.78, 5) is 3.87. The van der Waals surface area contributed by atoms with Gasteiger partial charge in [0.05, 0.1) is 11.3 Å². The third kappa shape index (κ3) is 2.46. The van der Waals surface area contributed by atoms with Crippen LogP contribution in [-0.4, -0.2) is 12.0 Å². The minimum absolute atomic E-state index is 0.0167. The van der Waals surface area contributed by atoms with Gasteiger partial charge in [0, 0.05) is 7.05 Å². The molecule has 16 heavy (non-hydrogen) atoms. The van der Waals surface area contributed by atoms with E-state index in [0.717, 1.165) is 0 Å². The topological polar surface area (TPSA) is 24.9 Å². The molecule has 1 aromatic rings. The second-order valence-electron chi connectivity index (χ2n) is 3.96. The Labute approximate surface area is 92.9 Å². The Hall–Kier alpha value is -1.26. The molecule has 0 aliphatic carbocycles. The number of pyridine rings is 1. The zero-order chi connectivity index (χ0) is 12.5. The van der Waals surface area contributed by atoms with Crippen molar-refractivity contribution in [3.8, 4) is 0 Å². The number of aryl methyl sites for hydroxylation is 1. The number of rotatable bonds is 2. The van der Waals surface area contributed by atoms with Crippen molar-refractivity contribution < 1.29 is 13.2 Å². The number of halogens is 3. The molecular weight excluding hydrogens is 217 g/mol. The van der Waals surface area contributed by atoms with Crippen LogP contribution in [0.4, 0.5) is 19.0 Å². The van der Waals surface area contributed by atoms with Crippen LogP contribution in [0, 0.1) is 6.92 Å². The first kappa shape index (κ1) is 12.8. The Balaban J connectivity index is 3.46. The van der Waals surface area contributed by atoms with Crippen molar-refractivity contribution in [1.29, 1.82) is 0 Å². The van der Waals surface area contributed by atoms with Crippen LogP contribution in [0.2, 0.25) is 0 Å². The smallest absolute Gasteiger partial charge is 0.373 e. The molecule has 0 aromatic carbocycles. The molecule has 0 aliphatic heterocycles. The SMILES string of the molecule is CNc1cc(C(C)C)c(C(F)(F)F)c(C)n1. The van der Waals surface area contributed by atoms with Gasteiger partial charge < -0.3 is 5.32 Å². The first-order chi connectivity index (χ1) is 7.27. The summed E-state index contributed by atoms with van der Waals surface area (Å²) >= 11 is 0. The van der Waals surface area contributed by atoms with Crippen LogP contribution in [0.5, 0.6) is 0 Å². The maximum atomic E-state index is 12.8. The number of hydrogen-bond acceptors (Lipinski definition) is 2. The molecule has 0 amide bonds. The Kier molecular flexibility index (Phi) is 3.45. The fraction of sp³-hybridized carbons (Fsp3) is 0.545. The van der Waals surface area contributed by atoms with Gasteiger partial charge >= 0.3 is 6.18 Å². The lowest BCUT2D eigenvalue weighted by atomic mass is 9.96. The van der Waals surface area contributed by atoms with Crippen LogP contribution in [0.1, 0.15) is 36.6 Å². The zero-order valence-corrected chi connectivity index (χ0v) is 9.74. The van der Waals surface area contributed by atoms with Gasteiger partial charge in [-0.1, -0.05) is 13.8 Å². The van der Waals surface area contributed by atoms with Crippen LogP contribution in [0.3, 0.4) is 0 Å². The molecular formula is C11H15F3N2. The maximum Gasteiger partial charge on any atom is 0.418 e. The molecule has 1 rings (SSSR count). The minimum atomic E-state index is -4.34. The number of nitrogens with zero attached hydrogens (tertiary/aromatic N) is 1. The number of hydrogen-bond donors (Lipinski definition) is 1. The van der Waals surface area contributed by atoms with Gasteiger partial charge in [-0.2, -0.15) is 13.2 Å². The number of alkyl halides is 3. The van der Waals surface area contributed by atoms with Crippen molar-refractivity contribution in [2.75, 3.05) is 12.4 Å². The Bertz CT molecular complexity index is 384. The standard InChI is InChI=1S/C11H15F3N2/c1-6(2)8-5-9(15-4)16-7(3)10(8)11(12,13)14/h5-6H,1-4H3,(H,15,16). The highest BCUT2D eigenvalue weighted by Gasteiger charge is 2.36. The van der Waals surface area contributed by atoms with Gasteiger partial charge in [-0.25, -0.2) is 4.98 Å². The second kappa shape index (κ2) is 4.31. The van der Waals surface area contributed by atoms with Gasteiger partial charge in [-0.05, 0) is 24.5 Å². The van der Waals surface area contributed by atoms with Crippen molar-refractivity contribution >= 4 is 5.82 Å². The highest BCUT2D eigenvalue weighted by atomic mass is 19.4. The summed E-state index contributed by atoms with van der Waals surface area (Å²) < 4.78 is 38.5. The Morgan fingerprint density at radius 1 is 1.31 bits per heavy atom. The van der Waals surface area contributed by atoms with Crippen LogP contribution in [0.15, 0.2) is 6.07 Å². The fourth-order valence-corrected chi connectivity index (χ4v) is 1.65. The van der Waals surface area contributed by atoms with E-state index in [0.29, 0.717) is 5.82 Å². The highest BCUT2D eigenvalue weighted by Crippen LogP contribution is 2.37. The summed E-state index contributed by atoms with van der Waals surface area (Å²) in [5.74, 6) is 0.277. The molecule has 0 unspecified atom stereocenters. The molecule has 1 N–H and O–H groups in total. The van der Waals surface area contributed by atoms with Crippen molar-refractivity contribution in [2.24, 2.45) is 0 Å². The second-order valence-corrected chi connectivity index (χ2v) is 3.96. The van der Waals surface area contributed by atoms with Gasteiger partial charge in [0.25, 0.3) is 0 Å². The quantitative estimate of drug-likeness (QED) is 0.843. The first-order valence-electron chi connectivity index (χ1n) is 5.03. The third-order valence-electron chi connectivity index (χ3n) is 2.39. The lowest BCUT2D eigenvalue weighted by Gasteiger charge is -2.18. The number of nitrogens with one attached hydrogen (secondary N) is 1. The van der Waals surface area contributed by atoms with Gasteiger partial charge in [0.2, 0.25) is 0 Å². The highest BCUT2D eigenvalue weighted by molar-refractivity contribution is 5.46. The van der Waals surface area contributed by atoms with Crippen molar-refractivity contribution in [3.63, 3.8) is 0 Å². The Morgan fingerprint density at radius 2 is 1.88 bits per heavy atom. The van der Waals surface area contributed by atoms with Crippen molar-refractivity contribution in [2.45, 2.75) is 32.9 Å². The summed E-state index contributed by atoms with van der Waals surface area (Å²) in [6, 6.07) is 1.46. The first-order valence-corrected chi connectivity index (χ1v) is 5.03. The predicted octanol–water partition coefficient (Wildman–Crippen LogP) is 3.57. The normalized spacial score (nSPS) is 12.0. The molecule has 0 bridgehead atoms. The molecule has 1 heterocycles. The molecule has 0 saturated heterocycles. The molecule has 2 nitrogen and oxygen atoms in total. The third-order valence-corrected chi connectivity index (χ3v) is 2.39. The van der Waals surface area contributed by atoms with Crippen LogP contribution >= 0.6 is 0 Å². The van der Waals surface area contributed by atoms with E-state index in [4.69, 9.17) is 0 Å². The van der Waals surface area contributed by atoms with Crippen LogP contribution < -0.4 is 5.32 Å². The number of anilines is 1. The molecule has 0 spiro atoms. The van der Waals surface area contributed by atoms with Gasteiger partial charge in [0.15, 0.2) is 0 Å². The lowest BCUT2D eigenvalue weighted by Crippen LogP contribution is -2.14. The number of aromatic nitrogens is 1. The molecule has 0 atom stereocenters. The van der Waals surface area contributed by atoms with Gasteiger partial charge in [-0.15, -0.1) is 0 Å². The van der Waals surface area contributed by atoms with Crippen LogP contribution in [-0.2, 0) is 6.18 Å². The summed E-state index contributed by atoms with van der Waals surface area (Å²) in [6.45, 7) is 4.86. The Morgan fingerprint density at radius 3 is 2.25 bits per heavy atom. The monoisotopic (exact) mass is 232 g/mol. The van der Waals surface area contributed by atoms with E-state index in [9.17, 15) is 13.2 Å². The van der Waals surface area contributed by atoms with E-state index in [1.807, 2.05) is 0 Å². The summed E-state index contributed by atoms with van der Waals surface area (Å²) in [6.07, 6.45) is -4.34. The zero-order valence-electron chi connectivity index (χ0n) is 9.74. The van der Waals surface area contributed by atoms with E-state index in [2.05, 4.69) is 10.3 Å². The van der Waals surface area contributed by atoms with E-state index < -0.39 is 11.7 Å². The summed E-state index contributed by atoms with van der Waals surface area (Å²) in [5.41, 5.74) is -0.311. The fourth-order valence-electron chi connectivity index (χ4n) is 1.65. The molecule has 5 heteroatoms. The van der Waals surface area contributed by atoms with E-state index in [1.54, 1.807) is 20.9 Å². The molecule has 1 aromatic heterocycles. The van der Waals surface area contributed by atoms with Crippen LogP contribution in [0.25, 0.3) is 0 Å². The molecule has 90 valence electrons. The molecule has 0 fully saturated rings. The predicted molar refractivity (Wildman–Crippen MR) is 57.6 cm³/mol. The van der Waals surface area contributed by atoms with Crippen molar-refractivity contribution in [3.05, 3.63) is 22.9 Å². The average Bonchev–Trinajstić information content (AvgIpc) is 2.14. The maximum absolute atomic E-state index is 12.8. The largest absolute Gasteiger partial charge is 0.418 e. The van der Waals surface area contributed by atoms with E-state index in [1.165, 1.54) is 13.0 Å². The lowest BCUT2D eigenvalue weighted by molar-refractivity contribution is -0.139. The molecule has 0 radical (unpaired) electrons. The van der Waals surface area contributed by atoms with E-state index >= 15 is 0 Å². The summed E-state index contributed by atoms with van der Waals surface area (Å²) in [5, 5.41) is 2.76. The molecule has 0 aliphatic rings. The van der Waals surface area contributed by atoms with Gasteiger partial charge in [-0.3, -0.25) is 0 Å². The summed E-state index contributed by atoms with van der Waals surface area (Å²) in [7, 11) is 1.64. The minimum Gasteiger partial charge on any atom is -0.373 e. The van der Waals surface area contributed by atoms with Crippen molar-refractivity contribution in [1.82, 2.24) is 4.98 Å². The average molecular weight is 232 g/mol. The molecule has 0 saturated carbocycles. The van der Waals surface area contributed by atoms with E-state index in [-0.39, 0.29) is 17.2 Å². The van der Waals surface area contributed by atoms with Gasteiger partial charge in [0.1, 0.15) is 5.82 Å².